The van der Waals surface area contributed by atoms with Crippen LogP contribution in [0, 0.1) is 17.8 Å². The number of hydrogen-bond donors (Lipinski definition) is 7. The molecule has 14 heterocycles. The Morgan fingerprint density at radius 2 is 0.440 bits per heavy atom. The Balaban J connectivity index is 0.000000181. The van der Waals surface area contributed by atoms with Crippen LogP contribution in [0.2, 0.25) is 0 Å². The first-order valence-corrected chi connectivity index (χ1v) is 46.9. The van der Waals surface area contributed by atoms with Crippen LogP contribution in [0.5, 0.6) is 0 Å². The maximum atomic E-state index is 9.96. The Bertz CT molecular complexity index is 3620. The van der Waals surface area contributed by atoms with E-state index in [1.807, 2.05) is 43.4 Å². The number of nitrogens with zero attached hydrogens (tertiary/aromatic N) is 14. The maximum Gasteiger partial charge on any atom is 0.0624 e. The van der Waals surface area contributed by atoms with E-state index in [4.69, 9.17) is 14.2 Å². The van der Waals surface area contributed by atoms with Crippen LogP contribution in [0.25, 0.3) is 0 Å². The molecule has 125 heavy (non-hydrogen) atoms. The zero-order chi connectivity index (χ0) is 91.1. The molecule has 7 saturated heterocycles. The molecule has 14 rings (SSSR count). The molecule has 7 aliphatic rings. The number of aliphatic hydroxyl groups is 7. The SMILES string of the molecule is CC(C)c1ccc(N2CCC(O)CC2C)cn1.CC(C)c1ccc(N2CC[C@@H](O)C[C@H]2C)cn1.CC(C)c1ccc(N2CC[C@H](O)C[C@@H]2C)cn1.CC(C)c1ccc(N2CC[C@H](O)C[C@H]2C)cn1.COC[C@@H]1CN(c2ccc(C(C)C)nc2)CC[C@@H]1O.COC[C@@H]1CN(c2ccc(C(C)C)nc2)CC[C@H]1O.COC[C@H]1CN(c2ccc(C(C)C)nc2)CC[C@@H]1O. The van der Waals surface area contributed by atoms with E-state index in [0.717, 1.165) is 193 Å². The predicted molar refractivity (Wildman–Crippen MR) is 511 cm³/mol. The number of pyridine rings is 7. The summed E-state index contributed by atoms with van der Waals surface area (Å²) in [5, 5.41) is 68.4. The van der Waals surface area contributed by atoms with E-state index < -0.39 is 0 Å². The molecule has 24 heteroatoms. The molecule has 0 amide bonds. The van der Waals surface area contributed by atoms with Gasteiger partial charge in [0.05, 0.1) is 146 Å². The van der Waals surface area contributed by atoms with Gasteiger partial charge in [0.2, 0.25) is 0 Å². The molecule has 7 N–H and O–H groups in total. The zero-order valence-electron chi connectivity index (χ0n) is 79.8. The lowest BCUT2D eigenvalue weighted by Gasteiger charge is -2.37. The van der Waals surface area contributed by atoms with Gasteiger partial charge in [0.25, 0.3) is 0 Å². The highest BCUT2D eigenvalue weighted by Crippen LogP contribution is 2.34. The largest absolute Gasteiger partial charge is 0.393 e. The highest BCUT2D eigenvalue weighted by molar-refractivity contribution is 5.52. The molecule has 7 aromatic rings. The standard InChI is InChI=1S/3C15H24N2O2.4C14H22N2O/c3*1-11(2)14-5-4-13(8-16-14)17-7-6-15(18)12(9-17)10-19-3;4*1-10(2)14-5-4-12(9-15-14)16-7-6-13(17)8-11(16)3/h3*4-5,8,11-12,15,18H,6-7,9-10H2,1-3H3;4*4-5,9-11,13,17H,6-8H2,1-3H3/t2*12-,15+;12-,15-;11-,13+;2*11-,13-;/m100110./s1. The number of methoxy groups -OCH3 is 3. The molecule has 0 aliphatic carbocycles. The minimum Gasteiger partial charge on any atom is -0.393 e. The molecule has 7 aromatic heterocycles. The van der Waals surface area contributed by atoms with Crippen molar-refractivity contribution in [2.75, 3.05) is 141 Å². The van der Waals surface area contributed by atoms with Crippen LogP contribution in [0.3, 0.4) is 0 Å². The molecular formula is C101H160N14O10. The summed E-state index contributed by atoms with van der Waals surface area (Å²) in [6.45, 7) is 49.4. The van der Waals surface area contributed by atoms with E-state index in [9.17, 15) is 35.7 Å². The van der Waals surface area contributed by atoms with E-state index in [-0.39, 0.29) is 60.5 Å². The van der Waals surface area contributed by atoms with Crippen LogP contribution < -0.4 is 34.3 Å². The van der Waals surface area contributed by atoms with Crippen LogP contribution in [0.4, 0.5) is 39.8 Å². The van der Waals surface area contributed by atoms with Crippen LogP contribution in [0.1, 0.15) is 277 Å². The van der Waals surface area contributed by atoms with Crippen molar-refractivity contribution in [2.24, 2.45) is 17.8 Å². The Hall–Kier alpha value is -7.75. The summed E-state index contributed by atoms with van der Waals surface area (Å²) in [7, 11) is 5.06. The number of anilines is 7. The van der Waals surface area contributed by atoms with Gasteiger partial charge in [-0.05, 0) is 225 Å². The third-order valence-electron chi connectivity index (χ3n) is 25.6. The average molecular weight is 1730 g/mol. The summed E-state index contributed by atoms with van der Waals surface area (Å²) in [6.07, 6.45) is 21.6. The molecule has 0 radical (unpaired) electrons. The maximum absolute atomic E-state index is 9.96. The quantitative estimate of drug-likeness (QED) is 0.0373. The minimum absolute atomic E-state index is 0.135. The highest BCUT2D eigenvalue weighted by Gasteiger charge is 2.33. The van der Waals surface area contributed by atoms with Gasteiger partial charge in [-0.15, -0.1) is 0 Å². The molecule has 0 spiro atoms. The van der Waals surface area contributed by atoms with Gasteiger partial charge in [0.1, 0.15) is 0 Å². The first-order chi connectivity index (χ1) is 59.6. The Kier molecular flexibility index (Phi) is 42.2. The number of aliphatic hydroxyl groups excluding tert-OH is 7. The van der Waals surface area contributed by atoms with Crippen molar-refractivity contribution < 1.29 is 50.0 Å². The molecule has 24 nitrogen and oxygen atoms in total. The Labute approximate surface area is 751 Å². The molecule has 0 bridgehead atoms. The van der Waals surface area contributed by atoms with Gasteiger partial charge in [0, 0.05) is 169 Å². The van der Waals surface area contributed by atoms with Crippen molar-refractivity contribution in [3.05, 3.63) is 168 Å². The van der Waals surface area contributed by atoms with Crippen molar-refractivity contribution in [3.63, 3.8) is 0 Å². The fraction of sp³-hybridized carbons (Fsp3) is 0.653. The molecule has 0 aromatic carbocycles. The van der Waals surface area contributed by atoms with Gasteiger partial charge in [-0.1, -0.05) is 96.9 Å². The summed E-state index contributed by atoms with van der Waals surface area (Å²) in [5.41, 5.74) is 16.0. The topological polar surface area (TPSA) is 282 Å². The summed E-state index contributed by atoms with van der Waals surface area (Å²) < 4.78 is 15.6. The molecule has 0 saturated carbocycles. The third-order valence-corrected chi connectivity index (χ3v) is 25.6. The number of rotatable bonds is 20. The van der Waals surface area contributed by atoms with Crippen LogP contribution in [0.15, 0.2) is 128 Å². The van der Waals surface area contributed by atoms with Gasteiger partial charge < -0.3 is 84.3 Å². The molecule has 7 aliphatic heterocycles. The van der Waals surface area contributed by atoms with Crippen molar-refractivity contribution in [1.82, 2.24) is 34.9 Å². The average Bonchev–Trinajstić information content (AvgIpc) is 0.846. The fourth-order valence-corrected chi connectivity index (χ4v) is 17.4. The number of ether oxygens (including phenoxy) is 3. The summed E-state index contributed by atoms with van der Waals surface area (Å²) in [4.78, 5) is 47.7. The lowest BCUT2D eigenvalue weighted by molar-refractivity contribution is 0.0357. The monoisotopic (exact) mass is 1730 g/mol. The molecular weight excluding hydrogens is 1570 g/mol. The first kappa shape index (κ1) is 103. The molecule has 2 unspecified atom stereocenters. The second-order valence-corrected chi connectivity index (χ2v) is 38.1. The molecule has 694 valence electrons. The van der Waals surface area contributed by atoms with Gasteiger partial charge >= 0.3 is 0 Å². The van der Waals surface area contributed by atoms with Crippen LogP contribution >= 0.6 is 0 Å². The van der Waals surface area contributed by atoms with E-state index in [1.54, 1.807) is 21.3 Å². The Morgan fingerprint density at radius 1 is 0.264 bits per heavy atom. The van der Waals surface area contributed by atoms with E-state index in [0.29, 0.717) is 85.4 Å². The zero-order valence-corrected chi connectivity index (χ0v) is 79.8. The first-order valence-electron chi connectivity index (χ1n) is 46.9. The number of hydrogen-bond acceptors (Lipinski definition) is 24. The van der Waals surface area contributed by atoms with Crippen molar-refractivity contribution in [1.29, 1.82) is 0 Å². The van der Waals surface area contributed by atoms with Gasteiger partial charge in [0.15, 0.2) is 0 Å². The third kappa shape index (κ3) is 31.9. The van der Waals surface area contributed by atoms with Gasteiger partial charge in [-0.2, -0.15) is 0 Å². The normalized spacial score (nSPS) is 24.7. The van der Waals surface area contributed by atoms with Crippen molar-refractivity contribution in [3.8, 4) is 0 Å². The van der Waals surface area contributed by atoms with Gasteiger partial charge in [-0.3, -0.25) is 34.9 Å². The fourth-order valence-electron chi connectivity index (χ4n) is 17.4. The van der Waals surface area contributed by atoms with Crippen molar-refractivity contribution in [2.45, 2.75) is 304 Å². The van der Waals surface area contributed by atoms with Crippen LogP contribution in [-0.2, 0) is 14.2 Å². The Morgan fingerprint density at radius 3 is 0.584 bits per heavy atom. The van der Waals surface area contributed by atoms with E-state index in [1.165, 1.54) is 22.7 Å². The number of piperidine rings is 7. The van der Waals surface area contributed by atoms with Gasteiger partial charge in [-0.25, -0.2) is 0 Å². The van der Waals surface area contributed by atoms with Crippen LogP contribution in [-0.4, -0.2) is 244 Å². The summed E-state index contributed by atoms with van der Waals surface area (Å²) in [5.74, 6) is 3.83. The smallest absolute Gasteiger partial charge is 0.0624 e. The molecule has 7 fully saturated rings. The second-order valence-electron chi connectivity index (χ2n) is 38.1. The highest BCUT2D eigenvalue weighted by atomic mass is 16.5. The minimum atomic E-state index is -0.251. The second kappa shape index (κ2) is 51.4. The van der Waals surface area contributed by atoms with Crippen molar-refractivity contribution >= 4 is 39.8 Å². The van der Waals surface area contributed by atoms with E-state index in [2.05, 4.69) is 279 Å². The summed E-state index contributed by atoms with van der Waals surface area (Å²) in [6, 6.07) is 31.3. The van der Waals surface area contributed by atoms with E-state index >= 15 is 0 Å². The summed E-state index contributed by atoms with van der Waals surface area (Å²) >= 11 is 0. The lowest BCUT2D eigenvalue weighted by atomic mass is 9.95. The lowest BCUT2D eigenvalue weighted by Crippen LogP contribution is -2.45. The molecule has 14 atom stereocenters. The predicted octanol–water partition coefficient (Wildman–Crippen LogP) is 16.3. The number of aromatic nitrogens is 7.